The van der Waals surface area contributed by atoms with Crippen LogP contribution in [0.3, 0.4) is 0 Å². The zero-order chi connectivity index (χ0) is 30.1. The van der Waals surface area contributed by atoms with Crippen molar-refractivity contribution in [2.75, 3.05) is 25.4 Å². The van der Waals surface area contributed by atoms with Crippen molar-refractivity contribution in [1.29, 1.82) is 0 Å². The molecule has 4 aromatic rings. The van der Waals surface area contributed by atoms with Gasteiger partial charge in [0.15, 0.2) is 0 Å². The molecule has 0 saturated carbocycles. The molecule has 5 rings (SSSR count). The summed E-state index contributed by atoms with van der Waals surface area (Å²) in [5.41, 5.74) is 6.09. The molecule has 0 spiro atoms. The number of carbonyl (C=O) groups excluding carboxylic acids is 2. The van der Waals surface area contributed by atoms with Crippen LogP contribution < -0.4 is 16.4 Å². The number of nitrogens with two attached hydrogens (primary N) is 1. The number of pyridine rings is 1. The predicted molar refractivity (Wildman–Crippen MR) is 154 cm³/mol. The standard InChI is InChI=1S/C31H30F3N5O3/c1-30(2)18-39(12-11-38-30)29(41)21-7-5-20(6-8-21)22-13-23-14-24(42-28(23)25(15-22)31(32,33)34)17-37-27(40)10-4-19-3-9-26(35)36-16-19/h3-10,13-16,38H,11-12,17-18H2,1-2H3,(H2,35,36)(H,37,40). The van der Waals surface area contributed by atoms with E-state index in [-0.39, 0.29) is 34.7 Å². The number of furan rings is 1. The lowest BCUT2D eigenvalue weighted by Crippen LogP contribution is -2.58. The van der Waals surface area contributed by atoms with Gasteiger partial charge in [0.1, 0.15) is 17.2 Å². The van der Waals surface area contributed by atoms with E-state index in [1.807, 2.05) is 13.8 Å². The average molecular weight is 578 g/mol. The number of fused-ring (bicyclic) bond motifs is 1. The highest BCUT2D eigenvalue weighted by Gasteiger charge is 2.35. The summed E-state index contributed by atoms with van der Waals surface area (Å²) in [4.78, 5) is 31.0. The zero-order valence-corrected chi connectivity index (χ0v) is 23.1. The second-order valence-electron chi connectivity index (χ2n) is 10.8. The molecule has 1 aliphatic rings. The minimum atomic E-state index is -4.67. The van der Waals surface area contributed by atoms with Crippen LogP contribution in [-0.2, 0) is 17.5 Å². The summed E-state index contributed by atoms with van der Waals surface area (Å²) in [6.07, 6.45) is -0.342. The molecule has 8 nitrogen and oxygen atoms in total. The minimum absolute atomic E-state index is 0.107. The van der Waals surface area contributed by atoms with E-state index in [1.54, 1.807) is 47.4 Å². The summed E-state index contributed by atoms with van der Waals surface area (Å²) < 4.78 is 47.7. The van der Waals surface area contributed by atoms with Crippen LogP contribution in [0.4, 0.5) is 19.0 Å². The Bertz CT molecular complexity index is 1640. The third-order valence-corrected chi connectivity index (χ3v) is 6.97. The first-order valence-electron chi connectivity index (χ1n) is 13.3. The van der Waals surface area contributed by atoms with Gasteiger partial charge in [-0.25, -0.2) is 4.98 Å². The molecule has 2 amide bonds. The summed E-state index contributed by atoms with van der Waals surface area (Å²) in [6, 6.07) is 14.0. The van der Waals surface area contributed by atoms with Crippen molar-refractivity contribution in [3.8, 4) is 11.1 Å². The van der Waals surface area contributed by atoms with Crippen LogP contribution in [0.2, 0.25) is 0 Å². The van der Waals surface area contributed by atoms with Gasteiger partial charge in [0.25, 0.3) is 5.91 Å². The Balaban J connectivity index is 1.34. The zero-order valence-electron chi connectivity index (χ0n) is 23.1. The smallest absolute Gasteiger partial charge is 0.420 e. The maximum absolute atomic E-state index is 14.1. The van der Waals surface area contributed by atoms with E-state index in [1.165, 1.54) is 24.4 Å². The molecule has 1 aliphatic heterocycles. The lowest BCUT2D eigenvalue weighted by Gasteiger charge is -2.39. The number of halogens is 3. The lowest BCUT2D eigenvalue weighted by atomic mass is 9.98. The highest BCUT2D eigenvalue weighted by molar-refractivity contribution is 5.95. The Hall–Kier alpha value is -4.64. The SMILES string of the molecule is CC1(C)CN(C(=O)c2ccc(-c3cc(C(F)(F)F)c4oc(CNC(=O)C=Cc5ccc(N)nc5)cc4c3)cc2)CCN1. The van der Waals surface area contributed by atoms with Gasteiger partial charge in [0, 0.05) is 48.4 Å². The number of benzene rings is 2. The van der Waals surface area contributed by atoms with Gasteiger partial charge in [-0.1, -0.05) is 12.1 Å². The molecule has 3 heterocycles. The number of anilines is 1. The topological polar surface area (TPSA) is 113 Å². The molecule has 2 aromatic heterocycles. The van der Waals surface area contributed by atoms with E-state index < -0.39 is 17.6 Å². The first-order chi connectivity index (χ1) is 19.9. The van der Waals surface area contributed by atoms with Gasteiger partial charge in [-0.3, -0.25) is 9.59 Å². The molecule has 42 heavy (non-hydrogen) atoms. The number of nitrogens with zero attached hydrogens (tertiary/aromatic N) is 2. The van der Waals surface area contributed by atoms with Crippen LogP contribution in [0.1, 0.15) is 41.1 Å². The molecule has 1 fully saturated rings. The molecule has 4 N–H and O–H groups in total. The summed E-state index contributed by atoms with van der Waals surface area (Å²) in [5.74, 6) is -0.0551. The number of rotatable bonds is 6. The number of nitrogen functional groups attached to an aromatic ring is 1. The van der Waals surface area contributed by atoms with Crippen molar-refractivity contribution in [3.05, 3.63) is 89.3 Å². The van der Waals surface area contributed by atoms with E-state index >= 15 is 0 Å². The van der Waals surface area contributed by atoms with E-state index in [2.05, 4.69) is 15.6 Å². The Morgan fingerprint density at radius 3 is 2.55 bits per heavy atom. The number of hydrogen-bond donors (Lipinski definition) is 3. The quantitative estimate of drug-likeness (QED) is 0.270. The molecule has 2 aromatic carbocycles. The number of alkyl halides is 3. The van der Waals surface area contributed by atoms with Crippen LogP contribution in [0.25, 0.3) is 28.2 Å². The Kier molecular flexibility index (Phi) is 7.79. The second kappa shape index (κ2) is 11.3. The average Bonchev–Trinajstić information content (AvgIpc) is 3.37. The van der Waals surface area contributed by atoms with Gasteiger partial charge >= 0.3 is 6.18 Å². The number of nitrogens with one attached hydrogen (secondary N) is 2. The number of hydrogen-bond acceptors (Lipinski definition) is 6. The molecule has 11 heteroatoms. The fourth-order valence-corrected chi connectivity index (χ4v) is 4.89. The normalized spacial score (nSPS) is 15.3. The highest BCUT2D eigenvalue weighted by Crippen LogP contribution is 2.39. The van der Waals surface area contributed by atoms with Crippen molar-refractivity contribution in [1.82, 2.24) is 20.5 Å². The Labute approximate surface area is 240 Å². The van der Waals surface area contributed by atoms with Crippen LogP contribution in [0.5, 0.6) is 0 Å². The summed E-state index contributed by atoms with van der Waals surface area (Å²) in [7, 11) is 0. The van der Waals surface area contributed by atoms with Crippen LogP contribution >= 0.6 is 0 Å². The number of piperazine rings is 1. The first kappa shape index (κ1) is 28.9. The summed E-state index contributed by atoms with van der Waals surface area (Å²) in [5, 5.41) is 6.22. The van der Waals surface area contributed by atoms with Gasteiger partial charge < -0.3 is 25.7 Å². The number of carbonyl (C=O) groups is 2. The minimum Gasteiger partial charge on any atom is -0.459 e. The van der Waals surface area contributed by atoms with E-state index in [9.17, 15) is 22.8 Å². The fraction of sp³-hybridized carbons (Fsp3) is 0.258. The van der Waals surface area contributed by atoms with Crippen molar-refractivity contribution >= 4 is 34.7 Å². The fourth-order valence-electron chi connectivity index (χ4n) is 4.89. The largest absolute Gasteiger partial charge is 0.459 e. The Morgan fingerprint density at radius 2 is 1.88 bits per heavy atom. The molecular weight excluding hydrogens is 547 g/mol. The van der Waals surface area contributed by atoms with E-state index in [0.717, 1.165) is 6.07 Å². The van der Waals surface area contributed by atoms with E-state index in [4.69, 9.17) is 10.2 Å². The molecule has 0 aliphatic carbocycles. The van der Waals surface area contributed by atoms with Crippen LogP contribution in [0.15, 0.2) is 71.3 Å². The van der Waals surface area contributed by atoms with Crippen molar-refractivity contribution < 1.29 is 27.2 Å². The molecule has 0 radical (unpaired) electrons. The van der Waals surface area contributed by atoms with Gasteiger partial charge in [-0.15, -0.1) is 0 Å². The molecule has 0 unspecified atom stereocenters. The van der Waals surface area contributed by atoms with Crippen LogP contribution in [-0.4, -0.2) is 46.9 Å². The maximum atomic E-state index is 14.1. The van der Waals surface area contributed by atoms with Gasteiger partial charge in [-0.05, 0) is 79.1 Å². The summed E-state index contributed by atoms with van der Waals surface area (Å²) in [6.45, 7) is 5.76. The van der Waals surface area contributed by atoms with Gasteiger partial charge in [0.2, 0.25) is 5.91 Å². The van der Waals surface area contributed by atoms with Crippen molar-refractivity contribution in [2.24, 2.45) is 0 Å². The lowest BCUT2D eigenvalue weighted by molar-refractivity contribution is -0.136. The predicted octanol–water partition coefficient (Wildman–Crippen LogP) is 5.25. The van der Waals surface area contributed by atoms with Crippen molar-refractivity contribution in [3.63, 3.8) is 0 Å². The van der Waals surface area contributed by atoms with Crippen LogP contribution in [0, 0.1) is 0 Å². The molecular formula is C31H30F3N5O3. The number of amides is 2. The highest BCUT2D eigenvalue weighted by atomic mass is 19.4. The molecule has 0 atom stereocenters. The molecule has 1 saturated heterocycles. The van der Waals surface area contributed by atoms with Gasteiger partial charge in [-0.2, -0.15) is 13.2 Å². The molecule has 0 bridgehead atoms. The number of aromatic nitrogens is 1. The van der Waals surface area contributed by atoms with Crippen molar-refractivity contribution in [2.45, 2.75) is 32.1 Å². The third-order valence-electron chi connectivity index (χ3n) is 6.97. The van der Waals surface area contributed by atoms with Gasteiger partial charge in [0.05, 0.1) is 12.1 Å². The first-order valence-corrected chi connectivity index (χ1v) is 13.3. The second-order valence-corrected chi connectivity index (χ2v) is 10.8. The van der Waals surface area contributed by atoms with E-state index in [0.29, 0.717) is 47.7 Å². The third kappa shape index (κ3) is 6.63. The monoisotopic (exact) mass is 577 g/mol. The molecule has 218 valence electrons. The summed E-state index contributed by atoms with van der Waals surface area (Å²) >= 11 is 0. The Morgan fingerprint density at radius 1 is 1.12 bits per heavy atom. The maximum Gasteiger partial charge on any atom is 0.420 e.